The van der Waals surface area contributed by atoms with Gasteiger partial charge in [-0.3, -0.25) is 4.98 Å². The Hall–Kier alpha value is -2.27. The van der Waals surface area contributed by atoms with Crippen LogP contribution >= 0.6 is 0 Å². The van der Waals surface area contributed by atoms with Gasteiger partial charge in [0.2, 0.25) is 5.75 Å². The van der Waals surface area contributed by atoms with Crippen molar-refractivity contribution in [3.05, 3.63) is 47.8 Å². The minimum absolute atomic E-state index is 0.308. The fourth-order valence-electron chi connectivity index (χ4n) is 2.03. The third-order valence-electron chi connectivity index (χ3n) is 3.09. The van der Waals surface area contributed by atoms with Crippen LogP contribution in [-0.4, -0.2) is 26.3 Å². The number of rotatable bonds is 5. The van der Waals surface area contributed by atoms with Gasteiger partial charge < -0.3 is 19.9 Å². The van der Waals surface area contributed by atoms with E-state index >= 15 is 0 Å². The quantitative estimate of drug-likeness (QED) is 0.905. The molecule has 0 bridgehead atoms. The summed E-state index contributed by atoms with van der Waals surface area (Å²) in [6.45, 7) is 0. The Balaban J connectivity index is 2.47. The molecular formula is C15H18N2O3. The number of ether oxygens (including phenoxy) is 3. The summed E-state index contributed by atoms with van der Waals surface area (Å²) in [6, 6.07) is 7.17. The molecule has 0 aliphatic rings. The third kappa shape index (κ3) is 2.67. The lowest BCUT2D eigenvalue weighted by atomic mass is 10.0. The van der Waals surface area contributed by atoms with Gasteiger partial charge in [-0.25, -0.2) is 0 Å². The molecule has 1 heterocycles. The van der Waals surface area contributed by atoms with Crippen molar-refractivity contribution in [1.82, 2.24) is 4.98 Å². The Labute approximate surface area is 118 Å². The smallest absolute Gasteiger partial charge is 0.203 e. The van der Waals surface area contributed by atoms with Gasteiger partial charge in [0.15, 0.2) is 11.5 Å². The Morgan fingerprint density at radius 2 is 1.65 bits per heavy atom. The van der Waals surface area contributed by atoms with Crippen LogP contribution in [0.3, 0.4) is 0 Å². The SMILES string of the molecule is COc1cc(C(N)c2cccnc2)cc(OC)c1OC. The molecular weight excluding hydrogens is 256 g/mol. The number of hydrogen-bond donors (Lipinski definition) is 1. The molecule has 2 aromatic rings. The van der Waals surface area contributed by atoms with Crippen molar-refractivity contribution < 1.29 is 14.2 Å². The van der Waals surface area contributed by atoms with Crippen molar-refractivity contribution in [3.8, 4) is 17.2 Å². The number of nitrogens with two attached hydrogens (primary N) is 1. The number of aromatic nitrogens is 1. The molecule has 1 aromatic heterocycles. The summed E-state index contributed by atoms with van der Waals surface area (Å²) in [4.78, 5) is 4.08. The van der Waals surface area contributed by atoms with E-state index in [4.69, 9.17) is 19.9 Å². The Kier molecular flexibility index (Phi) is 4.42. The van der Waals surface area contributed by atoms with E-state index in [1.807, 2.05) is 24.3 Å². The molecule has 0 saturated heterocycles. The van der Waals surface area contributed by atoms with Gasteiger partial charge in [-0.15, -0.1) is 0 Å². The van der Waals surface area contributed by atoms with Gasteiger partial charge in [0.1, 0.15) is 0 Å². The topological polar surface area (TPSA) is 66.6 Å². The summed E-state index contributed by atoms with van der Waals surface area (Å²) >= 11 is 0. The summed E-state index contributed by atoms with van der Waals surface area (Å²) in [6.07, 6.45) is 3.46. The van der Waals surface area contributed by atoms with E-state index < -0.39 is 0 Å². The monoisotopic (exact) mass is 274 g/mol. The van der Waals surface area contributed by atoms with E-state index in [1.165, 1.54) is 0 Å². The van der Waals surface area contributed by atoms with E-state index in [2.05, 4.69) is 4.98 Å². The molecule has 0 aliphatic carbocycles. The molecule has 1 unspecified atom stereocenters. The maximum atomic E-state index is 6.26. The second-order valence-electron chi connectivity index (χ2n) is 4.22. The number of benzene rings is 1. The molecule has 2 N–H and O–H groups in total. The highest BCUT2D eigenvalue weighted by Gasteiger charge is 2.17. The molecule has 5 nitrogen and oxygen atoms in total. The van der Waals surface area contributed by atoms with Gasteiger partial charge in [0.05, 0.1) is 27.4 Å². The van der Waals surface area contributed by atoms with Crippen LogP contribution in [0.4, 0.5) is 0 Å². The van der Waals surface area contributed by atoms with E-state index in [-0.39, 0.29) is 6.04 Å². The van der Waals surface area contributed by atoms with Crippen LogP contribution in [0.1, 0.15) is 17.2 Å². The minimum atomic E-state index is -0.308. The molecule has 2 rings (SSSR count). The van der Waals surface area contributed by atoms with Gasteiger partial charge in [-0.05, 0) is 29.3 Å². The zero-order valence-electron chi connectivity index (χ0n) is 11.8. The first-order chi connectivity index (χ1) is 9.71. The van der Waals surface area contributed by atoms with Crippen molar-refractivity contribution in [3.63, 3.8) is 0 Å². The molecule has 1 atom stereocenters. The first-order valence-corrected chi connectivity index (χ1v) is 6.16. The van der Waals surface area contributed by atoms with Crippen LogP contribution in [0.15, 0.2) is 36.7 Å². The predicted octanol–water partition coefficient (Wildman–Crippen LogP) is 2.16. The minimum Gasteiger partial charge on any atom is -0.493 e. The summed E-state index contributed by atoms with van der Waals surface area (Å²) < 4.78 is 16.0. The second kappa shape index (κ2) is 6.25. The van der Waals surface area contributed by atoms with E-state index in [0.717, 1.165) is 11.1 Å². The van der Waals surface area contributed by atoms with Crippen LogP contribution in [0, 0.1) is 0 Å². The highest BCUT2D eigenvalue weighted by atomic mass is 16.5. The zero-order chi connectivity index (χ0) is 14.5. The van der Waals surface area contributed by atoms with Gasteiger partial charge in [-0.2, -0.15) is 0 Å². The lowest BCUT2D eigenvalue weighted by Crippen LogP contribution is -2.12. The lowest BCUT2D eigenvalue weighted by Gasteiger charge is -2.17. The molecule has 0 radical (unpaired) electrons. The molecule has 0 fully saturated rings. The maximum absolute atomic E-state index is 6.26. The van der Waals surface area contributed by atoms with Crippen LogP contribution in [0.5, 0.6) is 17.2 Å². The molecule has 5 heteroatoms. The van der Waals surface area contributed by atoms with Crippen molar-refractivity contribution in [1.29, 1.82) is 0 Å². The van der Waals surface area contributed by atoms with E-state index in [9.17, 15) is 0 Å². The molecule has 0 amide bonds. The molecule has 106 valence electrons. The number of nitrogens with zero attached hydrogens (tertiary/aromatic N) is 1. The van der Waals surface area contributed by atoms with Crippen molar-refractivity contribution in [2.45, 2.75) is 6.04 Å². The first-order valence-electron chi connectivity index (χ1n) is 6.16. The fraction of sp³-hybridized carbons (Fsp3) is 0.267. The average Bonchev–Trinajstić information content (AvgIpc) is 2.53. The number of pyridine rings is 1. The summed E-state index contributed by atoms with van der Waals surface area (Å²) in [5.41, 5.74) is 8.05. The van der Waals surface area contributed by atoms with Crippen LogP contribution < -0.4 is 19.9 Å². The normalized spacial score (nSPS) is 11.8. The van der Waals surface area contributed by atoms with Gasteiger partial charge in [-0.1, -0.05) is 6.07 Å². The summed E-state index contributed by atoms with van der Waals surface area (Å²) in [5.74, 6) is 1.72. The van der Waals surface area contributed by atoms with Crippen molar-refractivity contribution >= 4 is 0 Å². The summed E-state index contributed by atoms with van der Waals surface area (Å²) in [5, 5.41) is 0. The molecule has 0 saturated carbocycles. The van der Waals surface area contributed by atoms with Crippen molar-refractivity contribution in [2.24, 2.45) is 5.73 Å². The molecule has 0 spiro atoms. The van der Waals surface area contributed by atoms with Gasteiger partial charge in [0.25, 0.3) is 0 Å². The van der Waals surface area contributed by atoms with E-state index in [1.54, 1.807) is 33.7 Å². The van der Waals surface area contributed by atoms with Crippen LogP contribution in [0.2, 0.25) is 0 Å². The Morgan fingerprint density at radius 1 is 1.00 bits per heavy atom. The van der Waals surface area contributed by atoms with Crippen LogP contribution in [-0.2, 0) is 0 Å². The highest BCUT2D eigenvalue weighted by Crippen LogP contribution is 2.40. The molecule has 20 heavy (non-hydrogen) atoms. The zero-order valence-corrected chi connectivity index (χ0v) is 11.8. The maximum Gasteiger partial charge on any atom is 0.203 e. The standard InChI is InChI=1S/C15H18N2O3/c1-18-12-7-11(8-13(19-2)15(12)20-3)14(16)10-5-4-6-17-9-10/h4-9,14H,16H2,1-3H3. The van der Waals surface area contributed by atoms with Crippen LogP contribution in [0.25, 0.3) is 0 Å². The number of hydrogen-bond acceptors (Lipinski definition) is 5. The summed E-state index contributed by atoms with van der Waals surface area (Å²) in [7, 11) is 4.73. The third-order valence-corrected chi connectivity index (χ3v) is 3.09. The van der Waals surface area contributed by atoms with Gasteiger partial charge in [0, 0.05) is 12.4 Å². The highest BCUT2D eigenvalue weighted by molar-refractivity contribution is 5.55. The average molecular weight is 274 g/mol. The Bertz CT molecular complexity index is 548. The number of methoxy groups -OCH3 is 3. The predicted molar refractivity (Wildman–Crippen MR) is 76.4 cm³/mol. The van der Waals surface area contributed by atoms with Gasteiger partial charge >= 0.3 is 0 Å². The van der Waals surface area contributed by atoms with Crippen molar-refractivity contribution in [2.75, 3.05) is 21.3 Å². The lowest BCUT2D eigenvalue weighted by molar-refractivity contribution is 0.323. The molecule has 0 aliphatic heterocycles. The second-order valence-corrected chi connectivity index (χ2v) is 4.22. The Morgan fingerprint density at radius 3 is 2.10 bits per heavy atom. The van der Waals surface area contributed by atoms with E-state index in [0.29, 0.717) is 17.2 Å². The first kappa shape index (κ1) is 14.1. The largest absolute Gasteiger partial charge is 0.493 e. The molecule has 1 aromatic carbocycles. The fourth-order valence-corrected chi connectivity index (χ4v) is 2.03.